The number of amides is 2. The summed E-state index contributed by atoms with van der Waals surface area (Å²) in [5, 5.41) is 13.2. The Hall–Kier alpha value is -2.57. The largest absolute Gasteiger partial charge is 0.480 e. The maximum Gasteiger partial charge on any atom is 0.412 e. The van der Waals surface area contributed by atoms with Crippen molar-refractivity contribution in [1.82, 2.24) is 5.32 Å². The van der Waals surface area contributed by atoms with Gasteiger partial charge in [-0.1, -0.05) is 0 Å². The Kier molecular flexibility index (Phi) is 5.29. The van der Waals surface area contributed by atoms with Crippen LogP contribution in [-0.2, 0) is 9.53 Å². The molecule has 0 bridgehead atoms. The van der Waals surface area contributed by atoms with Gasteiger partial charge in [0, 0.05) is 11.3 Å². The van der Waals surface area contributed by atoms with E-state index in [-0.39, 0.29) is 0 Å². The van der Waals surface area contributed by atoms with Crippen molar-refractivity contribution in [2.45, 2.75) is 26.4 Å². The van der Waals surface area contributed by atoms with E-state index < -0.39 is 30.1 Å². The molecular weight excluding hydrogens is 276 g/mol. The Labute approximate surface area is 122 Å². The van der Waals surface area contributed by atoms with Crippen LogP contribution in [0.5, 0.6) is 0 Å². The molecule has 0 aliphatic heterocycles. The SMILES string of the molecule is CC(C)(C)OC(=O)Nc1ccc(C(=O)NCC(=O)O)cc1. The van der Waals surface area contributed by atoms with E-state index in [2.05, 4.69) is 10.6 Å². The van der Waals surface area contributed by atoms with Crippen molar-refractivity contribution in [3.63, 3.8) is 0 Å². The van der Waals surface area contributed by atoms with Gasteiger partial charge in [0.05, 0.1) is 0 Å². The molecule has 0 heterocycles. The minimum absolute atomic E-state index is 0.297. The number of hydrogen-bond donors (Lipinski definition) is 3. The number of aliphatic carboxylic acids is 1. The number of benzene rings is 1. The first-order valence-corrected chi connectivity index (χ1v) is 6.27. The lowest BCUT2D eigenvalue weighted by Gasteiger charge is -2.19. The summed E-state index contributed by atoms with van der Waals surface area (Å²) in [4.78, 5) is 33.5. The van der Waals surface area contributed by atoms with Crippen LogP contribution in [0.1, 0.15) is 31.1 Å². The van der Waals surface area contributed by atoms with E-state index in [0.29, 0.717) is 11.3 Å². The van der Waals surface area contributed by atoms with Gasteiger partial charge in [-0.05, 0) is 45.0 Å². The lowest BCUT2D eigenvalue weighted by atomic mass is 10.2. The lowest BCUT2D eigenvalue weighted by Crippen LogP contribution is -2.29. The molecule has 114 valence electrons. The number of anilines is 1. The highest BCUT2D eigenvalue weighted by molar-refractivity contribution is 5.96. The number of ether oxygens (including phenoxy) is 1. The maximum atomic E-state index is 11.6. The summed E-state index contributed by atoms with van der Waals surface area (Å²) in [6, 6.07) is 6.01. The highest BCUT2D eigenvalue weighted by Crippen LogP contribution is 2.12. The molecule has 7 heteroatoms. The monoisotopic (exact) mass is 294 g/mol. The van der Waals surface area contributed by atoms with Crippen molar-refractivity contribution in [1.29, 1.82) is 0 Å². The molecule has 2 amide bonds. The second-order valence-electron chi connectivity index (χ2n) is 5.28. The number of carboxylic acids is 1. The van der Waals surface area contributed by atoms with E-state index in [1.807, 2.05) is 0 Å². The van der Waals surface area contributed by atoms with Gasteiger partial charge in [-0.25, -0.2) is 4.79 Å². The van der Waals surface area contributed by atoms with Crippen molar-refractivity contribution in [2.24, 2.45) is 0 Å². The molecule has 0 fully saturated rings. The summed E-state index contributed by atoms with van der Waals surface area (Å²) >= 11 is 0. The standard InChI is InChI=1S/C14H18N2O5/c1-14(2,3)21-13(20)16-10-6-4-9(5-7-10)12(19)15-8-11(17)18/h4-7H,8H2,1-3H3,(H,15,19)(H,16,20)(H,17,18). The van der Waals surface area contributed by atoms with Crippen LogP contribution in [0.25, 0.3) is 0 Å². The third kappa shape index (κ3) is 6.42. The number of nitrogens with one attached hydrogen (secondary N) is 2. The Bertz CT molecular complexity index is 531. The summed E-state index contributed by atoms with van der Waals surface area (Å²) in [6.45, 7) is 4.81. The Morgan fingerprint density at radius 2 is 1.71 bits per heavy atom. The van der Waals surface area contributed by atoms with Gasteiger partial charge in [-0.15, -0.1) is 0 Å². The minimum Gasteiger partial charge on any atom is -0.480 e. The molecule has 21 heavy (non-hydrogen) atoms. The molecule has 0 saturated carbocycles. The summed E-state index contributed by atoms with van der Waals surface area (Å²) in [6.07, 6.45) is -0.592. The van der Waals surface area contributed by atoms with Gasteiger partial charge in [0.2, 0.25) is 0 Å². The molecule has 1 rings (SSSR count). The van der Waals surface area contributed by atoms with E-state index in [1.54, 1.807) is 20.8 Å². The van der Waals surface area contributed by atoms with Crippen molar-refractivity contribution in [3.8, 4) is 0 Å². The first kappa shape index (κ1) is 16.5. The molecule has 0 aliphatic carbocycles. The van der Waals surface area contributed by atoms with Crippen LogP contribution in [-0.4, -0.2) is 35.2 Å². The molecule has 1 aromatic carbocycles. The van der Waals surface area contributed by atoms with E-state index in [1.165, 1.54) is 24.3 Å². The van der Waals surface area contributed by atoms with Gasteiger partial charge in [0.25, 0.3) is 5.91 Å². The zero-order chi connectivity index (χ0) is 16.0. The number of carbonyl (C=O) groups excluding carboxylic acids is 2. The van der Waals surface area contributed by atoms with Crippen molar-refractivity contribution in [2.75, 3.05) is 11.9 Å². The van der Waals surface area contributed by atoms with Crippen LogP contribution in [0, 0.1) is 0 Å². The number of hydrogen-bond acceptors (Lipinski definition) is 4. The molecule has 0 unspecified atom stereocenters. The smallest absolute Gasteiger partial charge is 0.412 e. The summed E-state index contributed by atoms with van der Waals surface area (Å²) < 4.78 is 5.09. The maximum absolute atomic E-state index is 11.6. The topological polar surface area (TPSA) is 105 Å². The zero-order valence-corrected chi connectivity index (χ0v) is 12.1. The second kappa shape index (κ2) is 6.74. The fourth-order valence-corrected chi connectivity index (χ4v) is 1.38. The average molecular weight is 294 g/mol. The van der Waals surface area contributed by atoms with Crippen molar-refractivity contribution < 1.29 is 24.2 Å². The van der Waals surface area contributed by atoms with Crippen molar-refractivity contribution >= 4 is 23.7 Å². The van der Waals surface area contributed by atoms with E-state index >= 15 is 0 Å². The molecule has 0 radical (unpaired) electrons. The molecule has 0 spiro atoms. The van der Waals surface area contributed by atoms with Crippen LogP contribution >= 0.6 is 0 Å². The number of carboxylic acid groups (broad SMARTS) is 1. The third-order valence-electron chi connectivity index (χ3n) is 2.19. The van der Waals surface area contributed by atoms with Gasteiger partial charge >= 0.3 is 12.1 Å². The van der Waals surface area contributed by atoms with Crippen LogP contribution in [0.2, 0.25) is 0 Å². The first-order valence-electron chi connectivity index (χ1n) is 6.27. The Morgan fingerprint density at radius 3 is 2.19 bits per heavy atom. The molecular formula is C14H18N2O5. The fourth-order valence-electron chi connectivity index (χ4n) is 1.38. The van der Waals surface area contributed by atoms with E-state index in [4.69, 9.17) is 9.84 Å². The molecule has 0 saturated heterocycles. The van der Waals surface area contributed by atoms with Gasteiger partial charge in [0.15, 0.2) is 0 Å². The van der Waals surface area contributed by atoms with Gasteiger partial charge in [-0.3, -0.25) is 14.9 Å². The van der Waals surface area contributed by atoms with E-state index in [9.17, 15) is 14.4 Å². The van der Waals surface area contributed by atoms with Gasteiger partial charge in [0.1, 0.15) is 12.1 Å². The van der Waals surface area contributed by atoms with Crippen molar-refractivity contribution in [3.05, 3.63) is 29.8 Å². The Balaban J connectivity index is 2.60. The zero-order valence-electron chi connectivity index (χ0n) is 12.1. The number of rotatable bonds is 4. The molecule has 7 nitrogen and oxygen atoms in total. The predicted molar refractivity (Wildman–Crippen MR) is 76.3 cm³/mol. The highest BCUT2D eigenvalue weighted by Gasteiger charge is 2.16. The van der Waals surface area contributed by atoms with E-state index in [0.717, 1.165) is 0 Å². The second-order valence-corrected chi connectivity index (χ2v) is 5.28. The minimum atomic E-state index is -1.12. The first-order chi connectivity index (χ1) is 9.67. The highest BCUT2D eigenvalue weighted by atomic mass is 16.6. The van der Waals surface area contributed by atoms with Crippen LogP contribution in [0.4, 0.5) is 10.5 Å². The summed E-state index contributed by atoms with van der Waals surface area (Å²) in [7, 11) is 0. The summed E-state index contributed by atoms with van der Waals surface area (Å²) in [5.74, 6) is -1.62. The predicted octanol–water partition coefficient (Wildman–Crippen LogP) is 1.85. The summed E-state index contributed by atoms with van der Waals surface area (Å²) in [5.41, 5.74) is 0.172. The average Bonchev–Trinajstić information content (AvgIpc) is 2.34. The Morgan fingerprint density at radius 1 is 1.14 bits per heavy atom. The third-order valence-corrected chi connectivity index (χ3v) is 2.19. The lowest BCUT2D eigenvalue weighted by molar-refractivity contribution is -0.135. The van der Waals surface area contributed by atoms with Crippen LogP contribution in [0.3, 0.4) is 0 Å². The normalized spacial score (nSPS) is 10.6. The molecule has 3 N–H and O–H groups in total. The molecule has 1 aromatic rings. The molecule has 0 aliphatic rings. The molecule has 0 atom stereocenters. The quantitative estimate of drug-likeness (QED) is 0.786. The van der Waals surface area contributed by atoms with Crippen LogP contribution in [0.15, 0.2) is 24.3 Å². The fraction of sp³-hybridized carbons (Fsp3) is 0.357. The molecule has 0 aromatic heterocycles. The van der Waals surface area contributed by atoms with Crippen LogP contribution < -0.4 is 10.6 Å². The number of carbonyl (C=O) groups is 3. The van der Waals surface area contributed by atoms with Gasteiger partial charge in [-0.2, -0.15) is 0 Å². The van der Waals surface area contributed by atoms with Gasteiger partial charge < -0.3 is 15.2 Å².